The Kier molecular flexibility index (Phi) is 6.43. The predicted octanol–water partition coefficient (Wildman–Crippen LogP) is 3.12. The maximum absolute atomic E-state index is 12.9. The lowest BCUT2D eigenvalue weighted by Crippen LogP contribution is -2.27. The lowest BCUT2D eigenvalue weighted by molar-refractivity contribution is 0.0939. The van der Waals surface area contributed by atoms with Crippen molar-refractivity contribution in [3.05, 3.63) is 59.4 Å². The number of carbonyl (C=O) groups is 1. The summed E-state index contributed by atoms with van der Waals surface area (Å²) in [4.78, 5) is 12.9. The van der Waals surface area contributed by atoms with Crippen molar-refractivity contribution in [2.24, 2.45) is 0 Å². The van der Waals surface area contributed by atoms with Crippen molar-refractivity contribution in [2.45, 2.75) is 33.2 Å². The van der Waals surface area contributed by atoms with Crippen LogP contribution in [-0.4, -0.2) is 39.6 Å². The minimum Gasteiger partial charge on any atom is -0.494 e. The van der Waals surface area contributed by atoms with Gasteiger partial charge in [-0.2, -0.15) is 5.10 Å². The first-order valence-electron chi connectivity index (χ1n) is 9.56. The molecule has 1 N–H and O–H groups in total. The van der Waals surface area contributed by atoms with Gasteiger partial charge < -0.3 is 14.8 Å². The van der Waals surface area contributed by atoms with Crippen LogP contribution in [0.2, 0.25) is 0 Å². The van der Waals surface area contributed by atoms with Gasteiger partial charge in [-0.05, 0) is 44.0 Å². The predicted molar refractivity (Wildman–Crippen MR) is 109 cm³/mol. The molecule has 0 saturated heterocycles. The van der Waals surface area contributed by atoms with Crippen LogP contribution >= 0.6 is 0 Å². The lowest BCUT2D eigenvalue weighted by Gasteiger charge is -2.15. The number of ether oxygens (including phenoxy) is 2. The summed E-state index contributed by atoms with van der Waals surface area (Å²) >= 11 is 0. The van der Waals surface area contributed by atoms with Crippen LogP contribution < -0.4 is 14.8 Å². The summed E-state index contributed by atoms with van der Waals surface area (Å²) < 4.78 is 12.1. The highest BCUT2D eigenvalue weighted by Crippen LogP contribution is 2.20. The Morgan fingerprint density at radius 2 is 1.90 bits per heavy atom. The van der Waals surface area contributed by atoms with E-state index in [1.165, 1.54) is 7.11 Å². The number of nitrogens with one attached hydrogen (secondary N) is 1. The summed E-state index contributed by atoms with van der Waals surface area (Å²) in [5.41, 5.74) is 2.28. The number of hydrogen-bond donors (Lipinski definition) is 1. The standard InChI is InChI=1S/C21H25N5O3/c1-5-18-17(13-22-26(18)19-11-12-20(28-4)25-24-19)21(27)23-14(3)15-7-9-16(10-8-15)29-6-2/h7-14H,5-6H2,1-4H3,(H,23,27)/t14-/m1/s1. The van der Waals surface area contributed by atoms with Gasteiger partial charge in [0.15, 0.2) is 5.82 Å². The molecule has 1 aromatic carbocycles. The van der Waals surface area contributed by atoms with E-state index < -0.39 is 0 Å². The van der Waals surface area contributed by atoms with Crippen molar-refractivity contribution < 1.29 is 14.3 Å². The largest absolute Gasteiger partial charge is 0.494 e. The molecule has 152 valence electrons. The quantitative estimate of drug-likeness (QED) is 0.630. The second-order valence-corrected chi connectivity index (χ2v) is 6.40. The molecular weight excluding hydrogens is 370 g/mol. The first kappa shape index (κ1) is 20.3. The van der Waals surface area contributed by atoms with Crippen LogP contribution in [0.4, 0.5) is 0 Å². The van der Waals surface area contributed by atoms with E-state index in [4.69, 9.17) is 9.47 Å². The van der Waals surface area contributed by atoms with E-state index in [0.29, 0.717) is 30.3 Å². The van der Waals surface area contributed by atoms with Gasteiger partial charge in [0.05, 0.1) is 37.2 Å². The minimum absolute atomic E-state index is 0.160. The fourth-order valence-corrected chi connectivity index (χ4v) is 3.01. The molecule has 8 nitrogen and oxygen atoms in total. The molecule has 0 aliphatic heterocycles. The average molecular weight is 395 g/mol. The van der Waals surface area contributed by atoms with E-state index >= 15 is 0 Å². The molecule has 2 heterocycles. The van der Waals surface area contributed by atoms with E-state index in [1.807, 2.05) is 45.0 Å². The molecule has 0 fully saturated rings. The summed E-state index contributed by atoms with van der Waals surface area (Å²) in [6.07, 6.45) is 2.18. The Labute approximate surface area is 169 Å². The molecule has 0 aliphatic rings. The second-order valence-electron chi connectivity index (χ2n) is 6.40. The van der Waals surface area contributed by atoms with Crippen molar-refractivity contribution in [3.63, 3.8) is 0 Å². The van der Waals surface area contributed by atoms with Crippen molar-refractivity contribution in [3.8, 4) is 17.4 Å². The molecule has 8 heteroatoms. The molecule has 0 bridgehead atoms. The first-order valence-corrected chi connectivity index (χ1v) is 9.56. The van der Waals surface area contributed by atoms with Crippen LogP contribution in [0.3, 0.4) is 0 Å². The zero-order valence-electron chi connectivity index (χ0n) is 17.0. The highest BCUT2D eigenvalue weighted by molar-refractivity contribution is 5.95. The Bertz CT molecular complexity index is 951. The number of aromatic nitrogens is 4. The van der Waals surface area contributed by atoms with Crippen molar-refractivity contribution in [1.29, 1.82) is 0 Å². The summed E-state index contributed by atoms with van der Waals surface area (Å²) in [7, 11) is 1.53. The van der Waals surface area contributed by atoms with Crippen molar-refractivity contribution in [2.75, 3.05) is 13.7 Å². The number of benzene rings is 1. The molecule has 0 saturated carbocycles. The van der Waals surface area contributed by atoms with Crippen molar-refractivity contribution >= 4 is 5.91 Å². The lowest BCUT2D eigenvalue weighted by atomic mass is 10.1. The highest BCUT2D eigenvalue weighted by atomic mass is 16.5. The fraction of sp³-hybridized carbons (Fsp3) is 0.333. The van der Waals surface area contributed by atoms with Gasteiger partial charge in [0.2, 0.25) is 5.88 Å². The van der Waals surface area contributed by atoms with Gasteiger partial charge in [0.25, 0.3) is 5.91 Å². The zero-order chi connectivity index (χ0) is 20.8. The normalized spacial score (nSPS) is 11.7. The molecule has 3 rings (SSSR count). The number of nitrogens with zero attached hydrogens (tertiary/aromatic N) is 4. The molecule has 0 radical (unpaired) electrons. The summed E-state index contributed by atoms with van der Waals surface area (Å²) in [5.74, 6) is 1.57. The van der Waals surface area contributed by atoms with Crippen LogP contribution in [0.1, 0.15) is 48.4 Å². The number of amides is 1. The van der Waals surface area contributed by atoms with Crippen LogP contribution in [0.5, 0.6) is 11.6 Å². The van der Waals surface area contributed by atoms with E-state index in [2.05, 4.69) is 20.6 Å². The number of carbonyl (C=O) groups excluding carboxylic acids is 1. The topological polar surface area (TPSA) is 91.2 Å². The van der Waals surface area contributed by atoms with Gasteiger partial charge in [-0.3, -0.25) is 4.79 Å². The molecule has 0 spiro atoms. The third-order valence-corrected chi connectivity index (χ3v) is 4.54. The molecule has 3 aromatic rings. The van der Waals surface area contributed by atoms with Gasteiger partial charge in [-0.25, -0.2) is 4.68 Å². The molecule has 0 aliphatic carbocycles. The van der Waals surface area contributed by atoms with Gasteiger partial charge in [-0.1, -0.05) is 19.1 Å². The Hall–Kier alpha value is -3.42. The van der Waals surface area contributed by atoms with Crippen LogP contribution in [0.15, 0.2) is 42.6 Å². The first-order chi connectivity index (χ1) is 14.1. The molecule has 29 heavy (non-hydrogen) atoms. The third kappa shape index (κ3) is 4.53. The maximum atomic E-state index is 12.9. The highest BCUT2D eigenvalue weighted by Gasteiger charge is 2.20. The summed E-state index contributed by atoms with van der Waals surface area (Å²) in [6, 6.07) is 11.0. The van der Waals surface area contributed by atoms with Crippen LogP contribution in [-0.2, 0) is 6.42 Å². The Morgan fingerprint density at radius 1 is 1.14 bits per heavy atom. The van der Waals surface area contributed by atoms with Gasteiger partial charge in [0.1, 0.15) is 5.75 Å². The fourth-order valence-electron chi connectivity index (χ4n) is 3.01. The third-order valence-electron chi connectivity index (χ3n) is 4.54. The van der Waals surface area contributed by atoms with E-state index in [1.54, 1.807) is 23.0 Å². The van der Waals surface area contributed by atoms with Crippen LogP contribution in [0, 0.1) is 0 Å². The Morgan fingerprint density at radius 3 is 2.48 bits per heavy atom. The molecule has 0 unspecified atom stereocenters. The number of methoxy groups -OCH3 is 1. The smallest absolute Gasteiger partial charge is 0.255 e. The monoisotopic (exact) mass is 395 g/mol. The van der Waals surface area contributed by atoms with Gasteiger partial charge in [0, 0.05) is 6.07 Å². The maximum Gasteiger partial charge on any atom is 0.255 e. The molecular formula is C21H25N5O3. The summed E-state index contributed by atoms with van der Waals surface area (Å²) in [5, 5.41) is 15.5. The molecule has 2 aromatic heterocycles. The summed E-state index contributed by atoms with van der Waals surface area (Å²) in [6.45, 7) is 6.48. The SMILES string of the molecule is CCOc1ccc([C@@H](C)NC(=O)c2cnn(-c3ccc(OC)nn3)c2CC)cc1. The molecule has 1 amide bonds. The Balaban J connectivity index is 1.77. The second kappa shape index (κ2) is 9.18. The van der Waals surface area contributed by atoms with Crippen LogP contribution in [0.25, 0.3) is 5.82 Å². The van der Waals surface area contributed by atoms with Gasteiger partial charge in [-0.15, -0.1) is 10.2 Å². The number of hydrogen-bond acceptors (Lipinski definition) is 6. The van der Waals surface area contributed by atoms with E-state index in [9.17, 15) is 4.79 Å². The minimum atomic E-state index is -0.184. The molecule has 1 atom stereocenters. The van der Waals surface area contributed by atoms with Gasteiger partial charge >= 0.3 is 0 Å². The van der Waals surface area contributed by atoms with E-state index in [-0.39, 0.29) is 11.9 Å². The average Bonchev–Trinajstić information content (AvgIpc) is 3.18. The zero-order valence-corrected chi connectivity index (χ0v) is 17.0. The van der Waals surface area contributed by atoms with E-state index in [0.717, 1.165) is 17.0 Å². The number of rotatable bonds is 8. The van der Waals surface area contributed by atoms with Crippen molar-refractivity contribution in [1.82, 2.24) is 25.3 Å².